The number of aliphatic carboxylic acids is 1. The van der Waals surface area contributed by atoms with E-state index in [9.17, 15) is 4.79 Å². The zero-order chi connectivity index (χ0) is 12.8. The van der Waals surface area contributed by atoms with Crippen LogP contribution in [0, 0.1) is 0 Å². The molecule has 0 radical (unpaired) electrons. The van der Waals surface area contributed by atoms with Crippen LogP contribution < -0.4 is 4.74 Å². The lowest BCUT2D eigenvalue weighted by atomic mass is 10.1. The molecule has 98 valence electrons. The lowest BCUT2D eigenvalue weighted by Gasteiger charge is -2.10. The Kier molecular flexibility index (Phi) is 4.59. The Morgan fingerprint density at radius 2 is 2.17 bits per heavy atom. The molecule has 1 N–H and O–H groups in total. The molecule has 1 aromatic carbocycles. The van der Waals surface area contributed by atoms with Gasteiger partial charge in [-0.1, -0.05) is 12.1 Å². The molecule has 0 aromatic heterocycles. The second kappa shape index (κ2) is 6.40. The first kappa shape index (κ1) is 12.9. The van der Waals surface area contributed by atoms with Gasteiger partial charge in [0, 0.05) is 13.0 Å². The van der Waals surface area contributed by atoms with Crippen LogP contribution in [0.3, 0.4) is 0 Å². The highest BCUT2D eigenvalue weighted by Gasteiger charge is 2.14. The van der Waals surface area contributed by atoms with Crippen molar-refractivity contribution in [2.75, 3.05) is 13.2 Å². The fourth-order valence-electron chi connectivity index (χ4n) is 2.06. The first-order chi connectivity index (χ1) is 8.74. The number of benzene rings is 1. The van der Waals surface area contributed by atoms with Crippen LogP contribution in [0.5, 0.6) is 5.75 Å². The molecule has 1 aliphatic rings. The normalized spacial score (nSPS) is 18.8. The Hall–Kier alpha value is -1.55. The maximum absolute atomic E-state index is 10.5. The van der Waals surface area contributed by atoms with E-state index in [0.717, 1.165) is 37.2 Å². The van der Waals surface area contributed by atoms with Gasteiger partial charge < -0.3 is 14.6 Å². The van der Waals surface area contributed by atoms with Crippen molar-refractivity contribution < 1.29 is 19.4 Å². The van der Waals surface area contributed by atoms with Gasteiger partial charge in [-0.25, -0.2) is 0 Å². The summed E-state index contributed by atoms with van der Waals surface area (Å²) in [5.74, 6) is -0.0378. The van der Waals surface area contributed by atoms with Crippen molar-refractivity contribution in [3.8, 4) is 5.75 Å². The minimum absolute atomic E-state index is 0.0518. The molecule has 1 aliphatic heterocycles. The van der Waals surface area contributed by atoms with Crippen molar-refractivity contribution in [1.29, 1.82) is 0 Å². The summed E-state index contributed by atoms with van der Waals surface area (Å²) in [6, 6.07) is 7.20. The molecule has 4 heteroatoms. The molecule has 0 amide bonds. The van der Waals surface area contributed by atoms with E-state index in [1.807, 2.05) is 12.1 Å². The van der Waals surface area contributed by atoms with E-state index in [2.05, 4.69) is 0 Å². The molecule has 1 aromatic rings. The summed E-state index contributed by atoms with van der Waals surface area (Å²) in [6.45, 7) is 1.51. The van der Waals surface area contributed by atoms with Crippen molar-refractivity contribution in [3.63, 3.8) is 0 Å². The fraction of sp³-hybridized carbons (Fsp3) is 0.500. The SMILES string of the molecule is O=C(O)Cc1ccc(OCCC2CCCO2)cc1. The molecule has 2 rings (SSSR count). The molecular formula is C14H18O4. The van der Waals surface area contributed by atoms with Crippen LogP contribution >= 0.6 is 0 Å². The van der Waals surface area contributed by atoms with Gasteiger partial charge in [-0.2, -0.15) is 0 Å². The third-order valence-electron chi connectivity index (χ3n) is 3.01. The molecule has 0 saturated carbocycles. The minimum atomic E-state index is -0.818. The van der Waals surface area contributed by atoms with Crippen LogP contribution in [0.1, 0.15) is 24.8 Å². The number of rotatable bonds is 6. The highest BCUT2D eigenvalue weighted by molar-refractivity contribution is 5.70. The zero-order valence-electron chi connectivity index (χ0n) is 10.3. The van der Waals surface area contributed by atoms with E-state index >= 15 is 0 Å². The summed E-state index contributed by atoms with van der Waals surface area (Å²) >= 11 is 0. The molecule has 4 nitrogen and oxygen atoms in total. The Morgan fingerprint density at radius 3 is 2.78 bits per heavy atom. The van der Waals surface area contributed by atoms with Crippen LogP contribution in [-0.2, 0) is 16.0 Å². The van der Waals surface area contributed by atoms with E-state index in [1.54, 1.807) is 12.1 Å². The maximum atomic E-state index is 10.5. The van der Waals surface area contributed by atoms with Crippen molar-refractivity contribution in [2.45, 2.75) is 31.8 Å². The summed E-state index contributed by atoms with van der Waals surface area (Å²) in [7, 11) is 0. The summed E-state index contributed by atoms with van der Waals surface area (Å²) in [5, 5.41) is 8.65. The third kappa shape index (κ3) is 4.04. The van der Waals surface area contributed by atoms with Gasteiger partial charge in [0.1, 0.15) is 5.75 Å². The molecule has 0 bridgehead atoms. The predicted molar refractivity (Wildman–Crippen MR) is 66.9 cm³/mol. The van der Waals surface area contributed by atoms with Crippen molar-refractivity contribution in [3.05, 3.63) is 29.8 Å². The number of carbonyl (C=O) groups is 1. The lowest BCUT2D eigenvalue weighted by Crippen LogP contribution is -2.10. The van der Waals surface area contributed by atoms with Crippen molar-refractivity contribution in [1.82, 2.24) is 0 Å². The molecule has 18 heavy (non-hydrogen) atoms. The van der Waals surface area contributed by atoms with Crippen LogP contribution in [-0.4, -0.2) is 30.4 Å². The third-order valence-corrected chi connectivity index (χ3v) is 3.01. The van der Waals surface area contributed by atoms with Gasteiger partial charge in [0.25, 0.3) is 0 Å². The highest BCUT2D eigenvalue weighted by atomic mass is 16.5. The molecular weight excluding hydrogens is 232 g/mol. The first-order valence-corrected chi connectivity index (χ1v) is 6.29. The van der Waals surface area contributed by atoms with E-state index in [1.165, 1.54) is 0 Å². The van der Waals surface area contributed by atoms with Gasteiger partial charge in [0.2, 0.25) is 0 Å². The van der Waals surface area contributed by atoms with Gasteiger partial charge in [-0.3, -0.25) is 4.79 Å². The van der Waals surface area contributed by atoms with Crippen LogP contribution in [0.15, 0.2) is 24.3 Å². The highest BCUT2D eigenvalue weighted by Crippen LogP contribution is 2.17. The zero-order valence-corrected chi connectivity index (χ0v) is 10.3. The number of carboxylic acids is 1. The van der Waals surface area contributed by atoms with Gasteiger partial charge in [0.15, 0.2) is 0 Å². The fourth-order valence-corrected chi connectivity index (χ4v) is 2.06. The van der Waals surface area contributed by atoms with Crippen molar-refractivity contribution in [2.24, 2.45) is 0 Å². The molecule has 0 aliphatic carbocycles. The van der Waals surface area contributed by atoms with Gasteiger partial charge in [-0.15, -0.1) is 0 Å². The maximum Gasteiger partial charge on any atom is 0.307 e. The summed E-state index contributed by atoms with van der Waals surface area (Å²) in [4.78, 5) is 10.5. The van der Waals surface area contributed by atoms with E-state index < -0.39 is 5.97 Å². The monoisotopic (exact) mass is 250 g/mol. The van der Waals surface area contributed by atoms with Crippen LogP contribution in [0.2, 0.25) is 0 Å². The van der Waals surface area contributed by atoms with Gasteiger partial charge in [0.05, 0.1) is 19.1 Å². The molecule has 1 heterocycles. The quantitative estimate of drug-likeness (QED) is 0.841. The van der Waals surface area contributed by atoms with E-state index in [4.69, 9.17) is 14.6 Å². The standard InChI is InChI=1S/C14H18O4/c15-14(16)10-11-3-5-13(6-4-11)18-9-7-12-2-1-8-17-12/h3-6,12H,1-2,7-10H2,(H,15,16). The molecule has 1 atom stereocenters. The second-order valence-corrected chi connectivity index (χ2v) is 4.49. The summed E-state index contributed by atoms with van der Waals surface area (Å²) in [5.41, 5.74) is 0.786. The van der Waals surface area contributed by atoms with E-state index in [0.29, 0.717) is 12.7 Å². The number of ether oxygens (including phenoxy) is 2. The smallest absolute Gasteiger partial charge is 0.307 e. The largest absolute Gasteiger partial charge is 0.493 e. The number of hydrogen-bond acceptors (Lipinski definition) is 3. The second-order valence-electron chi connectivity index (χ2n) is 4.49. The number of carboxylic acid groups (broad SMARTS) is 1. The van der Waals surface area contributed by atoms with Gasteiger partial charge >= 0.3 is 5.97 Å². The van der Waals surface area contributed by atoms with Crippen LogP contribution in [0.25, 0.3) is 0 Å². The summed E-state index contributed by atoms with van der Waals surface area (Å²) in [6.07, 6.45) is 3.58. The lowest BCUT2D eigenvalue weighted by molar-refractivity contribution is -0.136. The van der Waals surface area contributed by atoms with Crippen molar-refractivity contribution >= 4 is 5.97 Å². The Balaban J connectivity index is 1.73. The minimum Gasteiger partial charge on any atom is -0.493 e. The molecule has 1 saturated heterocycles. The van der Waals surface area contributed by atoms with E-state index in [-0.39, 0.29) is 6.42 Å². The number of hydrogen-bond donors (Lipinski definition) is 1. The first-order valence-electron chi connectivity index (χ1n) is 6.29. The predicted octanol–water partition coefficient (Wildman–Crippen LogP) is 2.26. The Bertz CT molecular complexity index is 379. The van der Waals surface area contributed by atoms with Gasteiger partial charge in [-0.05, 0) is 30.5 Å². The average molecular weight is 250 g/mol. The molecule has 0 spiro atoms. The summed E-state index contributed by atoms with van der Waals surface area (Å²) < 4.78 is 11.1. The average Bonchev–Trinajstić information content (AvgIpc) is 2.84. The molecule has 1 unspecified atom stereocenters. The topological polar surface area (TPSA) is 55.8 Å². The van der Waals surface area contributed by atoms with Crippen LogP contribution in [0.4, 0.5) is 0 Å². The Labute approximate surface area is 107 Å². The Morgan fingerprint density at radius 1 is 1.39 bits per heavy atom. The molecule has 1 fully saturated rings.